The van der Waals surface area contributed by atoms with E-state index in [0.29, 0.717) is 11.8 Å². The third-order valence-corrected chi connectivity index (χ3v) is 4.63. The summed E-state index contributed by atoms with van der Waals surface area (Å²) in [5.74, 6) is 2.02. The van der Waals surface area contributed by atoms with E-state index in [2.05, 4.69) is 40.5 Å². The normalized spacial score (nSPS) is 19.4. The van der Waals surface area contributed by atoms with Gasteiger partial charge < -0.3 is 10.2 Å². The number of aryl methyl sites for hydroxylation is 1. The third-order valence-electron chi connectivity index (χ3n) is 4.63. The molecule has 0 amide bonds. The van der Waals surface area contributed by atoms with Gasteiger partial charge in [0.05, 0.1) is 6.20 Å². The monoisotopic (exact) mass is 343 g/mol. The topological polar surface area (TPSA) is 63.3 Å². The van der Waals surface area contributed by atoms with Crippen LogP contribution >= 0.6 is 0 Å². The molecular weight excluding hydrogens is 314 g/mol. The van der Waals surface area contributed by atoms with Gasteiger partial charge in [-0.2, -0.15) is 10.2 Å². The van der Waals surface area contributed by atoms with Crippen LogP contribution in [0.2, 0.25) is 0 Å². The Bertz CT molecular complexity index is 673. The highest BCUT2D eigenvalue weighted by Crippen LogP contribution is 2.26. The molecule has 3 rings (SSSR count). The van der Waals surface area contributed by atoms with Crippen LogP contribution in [0.5, 0.6) is 0 Å². The molecule has 0 radical (unpaired) electrons. The first-order valence-corrected chi connectivity index (χ1v) is 9.15. The number of aliphatic imine (C=N–C) groups is 1. The molecule has 1 fully saturated rings. The predicted octanol–water partition coefficient (Wildman–Crippen LogP) is 1.71. The van der Waals surface area contributed by atoms with Crippen molar-refractivity contribution < 1.29 is 0 Å². The number of guanidine groups is 1. The van der Waals surface area contributed by atoms with Gasteiger partial charge in [0.25, 0.3) is 0 Å². The quantitative estimate of drug-likeness (QED) is 0.641. The van der Waals surface area contributed by atoms with Crippen LogP contribution in [0, 0.1) is 5.92 Å². The highest BCUT2D eigenvalue weighted by molar-refractivity contribution is 5.80. The molecule has 2 unspecified atom stereocenters. The molecule has 7 heteroatoms. The molecule has 1 aliphatic rings. The zero-order valence-electron chi connectivity index (χ0n) is 15.5. The van der Waals surface area contributed by atoms with Crippen LogP contribution in [-0.2, 0) is 13.6 Å². The second kappa shape index (κ2) is 8.18. The summed E-state index contributed by atoms with van der Waals surface area (Å²) in [6.45, 7) is 8.98. The molecule has 1 saturated heterocycles. The van der Waals surface area contributed by atoms with E-state index >= 15 is 0 Å². The largest absolute Gasteiger partial charge is 0.357 e. The van der Waals surface area contributed by atoms with Gasteiger partial charge in [-0.3, -0.25) is 14.4 Å². The number of nitrogens with zero attached hydrogens (tertiary/aromatic N) is 6. The van der Waals surface area contributed by atoms with Crippen LogP contribution in [0.25, 0.3) is 0 Å². The first-order chi connectivity index (χ1) is 12.2. The minimum absolute atomic E-state index is 0.449. The van der Waals surface area contributed by atoms with Crippen molar-refractivity contribution in [1.29, 1.82) is 0 Å². The molecule has 1 aliphatic heterocycles. The summed E-state index contributed by atoms with van der Waals surface area (Å²) in [6.07, 6.45) is 9.10. The van der Waals surface area contributed by atoms with Crippen molar-refractivity contribution in [2.24, 2.45) is 18.0 Å². The molecule has 2 atom stereocenters. The second-order valence-corrected chi connectivity index (χ2v) is 6.91. The number of nitrogens with one attached hydrogen (secondary N) is 1. The van der Waals surface area contributed by atoms with Crippen molar-refractivity contribution in [2.75, 3.05) is 26.2 Å². The van der Waals surface area contributed by atoms with E-state index in [1.165, 1.54) is 5.56 Å². The molecule has 0 spiro atoms. The van der Waals surface area contributed by atoms with Crippen LogP contribution in [-0.4, -0.2) is 56.6 Å². The molecule has 0 saturated carbocycles. The van der Waals surface area contributed by atoms with Gasteiger partial charge >= 0.3 is 0 Å². The fraction of sp³-hybridized carbons (Fsp3) is 0.611. The lowest BCUT2D eigenvalue weighted by atomic mass is 10.0. The highest BCUT2D eigenvalue weighted by atomic mass is 15.3. The summed E-state index contributed by atoms with van der Waals surface area (Å²) in [7, 11) is 1.97. The van der Waals surface area contributed by atoms with Crippen molar-refractivity contribution in [1.82, 2.24) is 29.8 Å². The van der Waals surface area contributed by atoms with Crippen molar-refractivity contribution >= 4 is 5.96 Å². The average Bonchev–Trinajstić information content (AvgIpc) is 3.32. The van der Waals surface area contributed by atoms with Gasteiger partial charge in [0, 0.05) is 64.3 Å². The van der Waals surface area contributed by atoms with E-state index in [1.807, 2.05) is 41.1 Å². The minimum atomic E-state index is 0.449. The Balaban J connectivity index is 1.58. The van der Waals surface area contributed by atoms with Crippen LogP contribution < -0.4 is 5.32 Å². The lowest BCUT2D eigenvalue weighted by Gasteiger charge is -2.22. The summed E-state index contributed by atoms with van der Waals surface area (Å²) in [4.78, 5) is 7.26. The molecule has 25 heavy (non-hydrogen) atoms. The highest BCUT2D eigenvalue weighted by Gasteiger charge is 2.26. The summed E-state index contributed by atoms with van der Waals surface area (Å²) < 4.78 is 3.86. The number of likely N-dealkylation sites (tertiary alicyclic amines) is 1. The Labute approximate surface area is 149 Å². The third kappa shape index (κ3) is 4.61. The maximum Gasteiger partial charge on any atom is 0.193 e. The molecule has 3 heterocycles. The summed E-state index contributed by atoms with van der Waals surface area (Å²) in [5, 5.41) is 12.0. The lowest BCUT2D eigenvalue weighted by Crippen LogP contribution is -2.40. The number of hydrogen-bond acceptors (Lipinski definition) is 3. The van der Waals surface area contributed by atoms with Gasteiger partial charge in [-0.05, 0) is 30.9 Å². The van der Waals surface area contributed by atoms with Crippen LogP contribution in [0.15, 0.2) is 35.8 Å². The average molecular weight is 343 g/mol. The van der Waals surface area contributed by atoms with Crippen molar-refractivity contribution in [3.05, 3.63) is 36.4 Å². The molecule has 0 bridgehead atoms. The zero-order valence-corrected chi connectivity index (χ0v) is 15.5. The summed E-state index contributed by atoms with van der Waals surface area (Å²) >= 11 is 0. The van der Waals surface area contributed by atoms with Crippen molar-refractivity contribution in [3.63, 3.8) is 0 Å². The Morgan fingerprint density at radius 2 is 2.32 bits per heavy atom. The number of rotatable bonds is 6. The smallest absolute Gasteiger partial charge is 0.193 e. The maximum absolute atomic E-state index is 4.88. The van der Waals surface area contributed by atoms with E-state index in [0.717, 1.165) is 45.1 Å². The minimum Gasteiger partial charge on any atom is -0.357 e. The van der Waals surface area contributed by atoms with Crippen molar-refractivity contribution in [3.8, 4) is 0 Å². The van der Waals surface area contributed by atoms with Gasteiger partial charge in [0.1, 0.15) is 0 Å². The Morgan fingerprint density at radius 1 is 1.44 bits per heavy atom. The summed E-state index contributed by atoms with van der Waals surface area (Å²) in [5.41, 5.74) is 1.33. The Morgan fingerprint density at radius 3 is 3.00 bits per heavy atom. The van der Waals surface area contributed by atoms with E-state index in [9.17, 15) is 0 Å². The van der Waals surface area contributed by atoms with Gasteiger partial charge in [-0.25, -0.2) is 0 Å². The number of hydrogen-bond donors (Lipinski definition) is 1. The second-order valence-electron chi connectivity index (χ2n) is 6.91. The SMILES string of the molecule is CCNC(=NCC(C)Cn1cccn1)N1CCC(c2cnn(C)c2)C1. The van der Waals surface area contributed by atoms with Crippen molar-refractivity contribution in [2.45, 2.75) is 32.7 Å². The van der Waals surface area contributed by atoms with Crippen LogP contribution in [0.4, 0.5) is 0 Å². The van der Waals surface area contributed by atoms with E-state index in [4.69, 9.17) is 4.99 Å². The molecule has 136 valence electrons. The molecular formula is C18H29N7. The fourth-order valence-electron chi connectivity index (χ4n) is 3.33. The fourth-order valence-corrected chi connectivity index (χ4v) is 3.33. The molecule has 7 nitrogen and oxygen atoms in total. The van der Waals surface area contributed by atoms with E-state index < -0.39 is 0 Å². The molecule has 1 N–H and O–H groups in total. The lowest BCUT2D eigenvalue weighted by molar-refractivity contribution is 0.446. The van der Waals surface area contributed by atoms with Gasteiger partial charge in [-0.15, -0.1) is 0 Å². The zero-order chi connectivity index (χ0) is 17.6. The first-order valence-electron chi connectivity index (χ1n) is 9.15. The molecule has 0 aliphatic carbocycles. The first kappa shape index (κ1) is 17.5. The van der Waals surface area contributed by atoms with Gasteiger partial charge in [-0.1, -0.05) is 6.92 Å². The van der Waals surface area contributed by atoms with Gasteiger partial charge in [0.15, 0.2) is 5.96 Å². The Hall–Kier alpha value is -2.31. The maximum atomic E-state index is 4.88. The number of aromatic nitrogens is 4. The van der Waals surface area contributed by atoms with Crippen LogP contribution in [0.1, 0.15) is 31.7 Å². The molecule has 0 aromatic carbocycles. The molecule has 2 aromatic rings. The van der Waals surface area contributed by atoms with E-state index in [1.54, 1.807) is 0 Å². The van der Waals surface area contributed by atoms with E-state index in [-0.39, 0.29) is 0 Å². The van der Waals surface area contributed by atoms with Crippen LogP contribution in [0.3, 0.4) is 0 Å². The van der Waals surface area contributed by atoms with Gasteiger partial charge in [0.2, 0.25) is 0 Å². The predicted molar refractivity (Wildman–Crippen MR) is 99.5 cm³/mol. The standard InChI is InChI=1S/C18H29N7/c1-4-19-18(20-10-15(2)12-25-8-5-7-21-25)24-9-6-16(14-24)17-11-22-23(3)13-17/h5,7-8,11,13,15-16H,4,6,9-10,12,14H2,1-3H3,(H,19,20). The Kier molecular flexibility index (Phi) is 5.73. The summed E-state index contributed by atoms with van der Waals surface area (Å²) in [6, 6.07) is 1.96. The molecule has 2 aromatic heterocycles.